The van der Waals surface area contributed by atoms with Crippen LogP contribution in [-0.4, -0.2) is 54.2 Å². The van der Waals surface area contributed by atoms with Gasteiger partial charge in [-0.05, 0) is 25.8 Å². The first-order valence-corrected chi connectivity index (χ1v) is 7.39. The van der Waals surface area contributed by atoms with Crippen LogP contribution in [-0.2, 0) is 4.79 Å². The largest absolute Gasteiger partial charge is 0.480 e. The lowest BCUT2D eigenvalue weighted by atomic mass is 10.1. The van der Waals surface area contributed by atoms with Crippen LogP contribution < -0.4 is 10.6 Å². The topological polar surface area (TPSA) is 81.7 Å². The van der Waals surface area contributed by atoms with E-state index in [1.54, 1.807) is 13.8 Å². The molecule has 1 fully saturated rings. The highest BCUT2D eigenvalue weighted by Gasteiger charge is 2.23. The molecule has 1 saturated carbocycles. The molecule has 6 nitrogen and oxygen atoms in total. The fourth-order valence-corrected chi connectivity index (χ4v) is 2.58. The Morgan fingerprint density at radius 1 is 1.30 bits per heavy atom. The molecule has 3 N–H and O–H groups in total. The molecule has 0 aliphatic heterocycles. The fourth-order valence-electron chi connectivity index (χ4n) is 2.58. The van der Waals surface area contributed by atoms with Crippen LogP contribution in [0, 0.1) is 5.92 Å². The van der Waals surface area contributed by atoms with E-state index in [1.165, 1.54) is 25.7 Å². The van der Waals surface area contributed by atoms with Crippen LogP contribution in [0.15, 0.2) is 0 Å². The highest BCUT2D eigenvalue weighted by atomic mass is 16.4. The average Bonchev–Trinajstić information content (AvgIpc) is 2.88. The zero-order valence-electron chi connectivity index (χ0n) is 12.7. The number of carboxylic acids is 1. The summed E-state index contributed by atoms with van der Waals surface area (Å²) < 4.78 is 0. The molecule has 0 aromatic heterocycles. The molecule has 0 aromatic carbocycles. The number of nitrogens with zero attached hydrogens (tertiary/aromatic N) is 1. The third-order valence-corrected chi connectivity index (χ3v) is 3.92. The molecule has 0 heterocycles. The number of hydrogen-bond donors (Lipinski definition) is 3. The van der Waals surface area contributed by atoms with Crippen LogP contribution in [0.1, 0.15) is 39.5 Å². The molecule has 0 saturated heterocycles. The summed E-state index contributed by atoms with van der Waals surface area (Å²) in [7, 11) is 2.07. The number of hydrogen-bond acceptors (Lipinski definition) is 3. The molecule has 1 aliphatic rings. The zero-order valence-corrected chi connectivity index (χ0v) is 12.7. The SMILES string of the molecule is CC(C)[C@@H](NC(=O)NCCN(C)C1CCCC1)C(=O)O. The zero-order chi connectivity index (χ0) is 15.1. The Kier molecular flexibility index (Phi) is 6.78. The molecule has 0 bridgehead atoms. The Hall–Kier alpha value is -1.30. The van der Waals surface area contributed by atoms with Crippen molar-refractivity contribution in [3.8, 4) is 0 Å². The molecule has 6 heteroatoms. The summed E-state index contributed by atoms with van der Waals surface area (Å²) in [4.78, 5) is 24.9. The van der Waals surface area contributed by atoms with Crippen molar-refractivity contribution < 1.29 is 14.7 Å². The van der Waals surface area contributed by atoms with Crippen molar-refractivity contribution in [3.63, 3.8) is 0 Å². The molecule has 1 atom stereocenters. The number of nitrogens with one attached hydrogen (secondary N) is 2. The van der Waals surface area contributed by atoms with Gasteiger partial charge in [0.25, 0.3) is 0 Å². The van der Waals surface area contributed by atoms with E-state index < -0.39 is 18.0 Å². The maximum Gasteiger partial charge on any atom is 0.326 e. The van der Waals surface area contributed by atoms with Crippen molar-refractivity contribution in [1.29, 1.82) is 0 Å². The minimum atomic E-state index is -1.00. The second-order valence-corrected chi connectivity index (χ2v) is 5.88. The fraction of sp³-hybridized carbons (Fsp3) is 0.857. The molecule has 0 radical (unpaired) electrons. The van der Waals surface area contributed by atoms with Crippen molar-refractivity contribution in [2.75, 3.05) is 20.1 Å². The van der Waals surface area contributed by atoms with Gasteiger partial charge in [0, 0.05) is 19.1 Å². The Morgan fingerprint density at radius 3 is 2.40 bits per heavy atom. The predicted molar refractivity (Wildman–Crippen MR) is 77.7 cm³/mol. The number of rotatable bonds is 7. The van der Waals surface area contributed by atoms with Crippen molar-refractivity contribution in [1.82, 2.24) is 15.5 Å². The van der Waals surface area contributed by atoms with E-state index >= 15 is 0 Å². The number of aliphatic carboxylic acids is 1. The van der Waals surface area contributed by atoms with Crippen LogP contribution in [0.4, 0.5) is 4.79 Å². The summed E-state index contributed by atoms with van der Waals surface area (Å²) in [5, 5.41) is 14.2. The lowest BCUT2D eigenvalue weighted by Crippen LogP contribution is -2.49. The monoisotopic (exact) mass is 285 g/mol. The van der Waals surface area contributed by atoms with Crippen molar-refractivity contribution in [2.24, 2.45) is 5.92 Å². The van der Waals surface area contributed by atoms with Gasteiger partial charge in [0.15, 0.2) is 0 Å². The Labute approximate surface area is 120 Å². The van der Waals surface area contributed by atoms with E-state index in [9.17, 15) is 9.59 Å². The molecule has 0 unspecified atom stereocenters. The highest BCUT2D eigenvalue weighted by Crippen LogP contribution is 2.21. The predicted octanol–water partition coefficient (Wildman–Crippen LogP) is 1.27. The van der Waals surface area contributed by atoms with Crippen LogP contribution in [0.3, 0.4) is 0 Å². The molecule has 1 rings (SSSR count). The van der Waals surface area contributed by atoms with Crippen molar-refractivity contribution >= 4 is 12.0 Å². The molecule has 116 valence electrons. The third-order valence-electron chi connectivity index (χ3n) is 3.92. The lowest BCUT2D eigenvalue weighted by Gasteiger charge is -2.24. The quantitative estimate of drug-likeness (QED) is 0.658. The maximum atomic E-state index is 11.7. The van der Waals surface area contributed by atoms with Crippen LogP contribution in [0.25, 0.3) is 0 Å². The van der Waals surface area contributed by atoms with Crippen LogP contribution in [0.5, 0.6) is 0 Å². The maximum absolute atomic E-state index is 11.7. The molecule has 20 heavy (non-hydrogen) atoms. The summed E-state index contributed by atoms with van der Waals surface area (Å²) in [6.45, 7) is 4.86. The van der Waals surface area contributed by atoms with Gasteiger partial charge in [-0.1, -0.05) is 26.7 Å². The van der Waals surface area contributed by atoms with Crippen molar-refractivity contribution in [2.45, 2.75) is 51.6 Å². The Bertz CT molecular complexity index is 328. The first-order chi connectivity index (χ1) is 9.41. The van der Waals surface area contributed by atoms with Gasteiger partial charge in [-0.25, -0.2) is 9.59 Å². The van der Waals surface area contributed by atoms with E-state index in [2.05, 4.69) is 22.6 Å². The van der Waals surface area contributed by atoms with Gasteiger partial charge in [0.1, 0.15) is 6.04 Å². The number of carbonyl (C=O) groups is 2. The minimum Gasteiger partial charge on any atom is -0.480 e. The van der Waals surface area contributed by atoms with Gasteiger partial charge >= 0.3 is 12.0 Å². The number of likely N-dealkylation sites (N-methyl/N-ethyl adjacent to an activating group) is 1. The highest BCUT2D eigenvalue weighted by molar-refractivity contribution is 5.82. The minimum absolute atomic E-state index is 0.139. The smallest absolute Gasteiger partial charge is 0.326 e. The standard InChI is InChI=1S/C14H27N3O3/c1-10(2)12(13(18)19)16-14(20)15-8-9-17(3)11-6-4-5-7-11/h10-12H,4-9H2,1-3H3,(H,18,19)(H2,15,16,20)/t12-/m1/s1. The summed E-state index contributed by atoms with van der Waals surface area (Å²) in [5.41, 5.74) is 0. The second kappa shape index (κ2) is 8.09. The number of carboxylic acid groups (broad SMARTS) is 1. The van der Waals surface area contributed by atoms with Gasteiger partial charge < -0.3 is 20.6 Å². The third kappa shape index (κ3) is 5.36. The Balaban J connectivity index is 2.23. The van der Waals surface area contributed by atoms with Gasteiger partial charge in [-0.2, -0.15) is 0 Å². The number of urea groups is 1. The summed E-state index contributed by atoms with van der Waals surface area (Å²) in [6, 6.07) is -0.629. The number of carbonyl (C=O) groups excluding carboxylic acids is 1. The average molecular weight is 285 g/mol. The molecular weight excluding hydrogens is 258 g/mol. The lowest BCUT2D eigenvalue weighted by molar-refractivity contribution is -0.140. The number of amides is 2. The molecule has 1 aliphatic carbocycles. The second-order valence-electron chi connectivity index (χ2n) is 5.88. The van der Waals surface area contributed by atoms with Gasteiger partial charge in [0.2, 0.25) is 0 Å². The molecular formula is C14H27N3O3. The first kappa shape index (κ1) is 16.8. The van der Waals surface area contributed by atoms with Crippen molar-refractivity contribution in [3.05, 3.63) is 0 Å². The summed E-state index contributed by atoms with van der Waals surface area (Å²) >= 11 is 0. The van der Waals surface area contributed by atoms with E-state index in [-0.39, 0.29) is 5.92 Å². The van der Waals surface area contributed by atoms with Gasteiger partial charge in [0.05, 0.1) is 0 Å². The molecule has 0 aromatic rings. The van der Waals surface area contributed by atoms with E-state index in [4.69, 9.17) is 5.11 Å². The van der Waals surface area contributed by atoms with Gasteiger partial charge in [-0.3, -0.25) is 0 Å². The Morgan fingerprint density at radius 2 is 1.90 bits per heavy atom. The molecule has 0 spiro atoms. The van der Waals surface area contributed by atoms with E-state index in [1.807, 2.05) is 0 Å². The summed E-state index contributed by atoms with van der Waals surface area (Å²) in [6.07, 6.45) is 5.05. The van der Waals surface area contributed by atoms with Gasteiger partial charge in [-0.15, -0.1) is 0 Å². The normalized spacial score (nSPS) is 17.4. The van der Waals surface area contributed by atoms with E-state index in [0.717, 1.165) is 6.54 Å². The van der Waals surface area contributed by atoms with Crippen LogP contribution in [0.2, 0.25) is 0 Å². The van der Waals surface area contributed by atoms with Crippen LogP contribution >= 0.6 is 0 Å². The summed E-state index contributed by atoms with van der Waals surface area (Å²) in [5.74, 6) is -1.14. The first-order valence-electron chi connectivity index (χ1n) is 7.39. The molecule has 2 amide bonds. The van der Waals surface area contributed by atoms with E-state index in [0.29, 0.717) is 12.6 Å².